The van der Waals surface area contributed by atoms with E-state index in [-0.39, 0.29) is 59.4 Å². The van der Waals surface area contributed by atoms with Crippen LogP contribution in [0.3, 0.4) is 0 Å². The number of imide groups is 1. The van der Waals surface area contributed by atoms with Gasteiger partial charge in [0, 0.05) is 26.0 Å². The lowest BCUT2D eigenvalue weighted by Gasteiger charge is -2.26. The Morgan fingerprint density at radius 2 is 1.74 bits per heavy atom. The number of rotatable bonds is 13. The van der Waals surface area contributed by atoms with Gasteiger partial charge in [0.15, 0.2) is 13.1 Å². The largest absolute Gasteiger partial charge is 0.489 e. The SMILES string of the molecule is CC(C)=C1OC(=O)N(c2cc(OC3CCCC3)c(Cl)cc2F)C1=O.CCc1cccc(CC)c1N(COC)C(=O)CCl.CP(=O)(O)CCC(N)C(=O)O. The number of anilines is 2. The van der Waals surface area contributed by atoms with Crippen molar-refractivity contribution in [3.8, 4) is 5.75 Å². The van der Waals surface area contributed by atoms with E-state index in [1.165, 1.54) is 12.7 Å². The lowest BCUT2D eigenvalue weighted by atomic mass is 10.0. The van der Waals surface area contributed by atoms with Gasteiger partial charge >= 0.3 is 18.0 Å². The quantitative estimate of drug-likeness (QED) is 0.0801. The van der Waals surface area contributed by atoms with Crippen LogP contribution in [-0.2, 0) is 41.3 Å². The molecule has 1 aliphatic carbocycles. The Balaban J connectivity index is 0.000000297. The molecule has 2 aromatic carbocycles. The molecule has 2 aliphatic rings. The number of carbonyl (C=O) groups excluding carboxylic acids is 3. The number of para-hydroxylation sites is 1. The van der Waals surface area contributed by atoms with Gasteiger partial charge in [-0.15, -0.1) is 11.6 Å². The van der Waals surface area contributed by atoms with Crippen LogP contribution in [0.4, 0.5) is 20.6 Å². The number of cyclic esters (lactones) is 1. The van der Waals surface area contributed by atoms with Gasteiger partial charge in [0.2, 0.25) is 5.91 Å². The van der Waals surface area contributed by atoms with Crippen molar-refractivity contribution >= 4 is 65.8 Å². The third-order valence-electron chi connectivity index (χ3n) is 8.14. The number of hydrogen-bond donors (Lipinski definition) is 3. The highest BCUT2D eigenvalue weighted by atomic mass is 35.5. The Labute approximate surface area is 319 Å². The van der Waals surface area contributed by atoms with Crippen molar-refractivity contribution in [3.05, 3.63) is 63.6 Å². The number of ether oxygens (including phenoxy) is 3. The van der Waals surface area contributed by atoms with Crippen molar-refractivity contribution in [2.75, 3.05) is 42.3 Å². The Bertz CT molecular complexity index is 1670. The van der Waals surface area contributed by atoms with Crippen molar-refractivity contribution in [1.29, 1.82) is 0 Å². The summed E-state index contributed by atoms with van der Waals surface area (Å²) in [6.07, 6.45) is 4.75. The highest BCUT2D eigenvalue weighted by molar-refractivity contribution is 7.57. The molecule has 2 atom stereocenters. The highest BCUT2D eigenvalue weighted by Crippen LogP contribution is 2.38. The van der Waals surface area contributed by atoms with Gasteiger partial charge in [-0.05, 0) is 81.6 Å². The number of hydrogen-bond acceptors (Lipinski definition) is 9. The van der Waals surface area contributed by atoms with Crippen molar-refractivity contribution in [1.82, 2.24) is 0 Å². The average molecular weight is 805 g/mol. The molecule has 294 valence electrons. The maximum absolute atomic E-state index is 14.3. The molecule has 17 heteroatoms. The van der Waals surface area contributed by atoms with E-state index >= 15 is 0 Å². The van der Waals surface area contributed by atoms with Gasteiger partial charge in [0.25, 0.3) is 0 Å². The molecule has 1 saturated carbocycles. The van der Waals surface area contributed by atoms with Crippen LogP contribution in [0.25, 0.3) is 0 Å². The molecule has 1 heterocycles. The maximum atomic E-state index is 14.3. The summed E-state index contributed by atoms with van der Waals surface area (Å²) in [4.78, 5) is 57.5. The lowest BCUT2D eigenvalue weighted by molar-refractivity contribution is -0.138. The van der Waals surface area contributed by atoms with Gasteiger partial charge in [-0.3, -0.25) is 23.8 Å². The van der Waals surface area contributed by atoms with Crippen LogP contribution in [0.1, 0.15) is 70.9 Å². The molecule has 2 aromatic rings. The molecule has 0 spiro atoms. The summed E-state index contributed by atoms with van der Waals surface area (Å²) in [6.45, 7) is 8.84. The standard InChI is InChI=1S/C17H17ClFNO4.C14H20ClNO2.C5H12NO4P/c1-9(2)15-16(21)20(17(22)24-15)13-8-14(11(18)7-12(13)19)23-10-5-3-4-6-10;1-4-11-7-6-8-12(5-2)14(11)16(10-18-3)13(17)9-15;1-11(9,10)3-2-4(6)5(7)8/h7-8,10H,3-6H2,1-2H3;6-8H,4-5,9-10H2,1-3H3;4H,2-3,6H2,1H3,(H,7,8)(H,9,10). The second kappa shape index (κ2) is 21.4. The zero-order chi connectivity index (χ0) is 40.0. The van der Waals surface area contributed by atoms with Gasteiger partial charge in [-0.1, -0.05) is 43.6 Å². The molecule has 0 radical (unpaired) electrons. The molecular formula is C36H49Cl2FN3O10P. The molecule has 13 nitrogen and oxygen atoms in total. The normalized spacial score (nSPS) is 15.8. The molecule has 4 N–H and O–H groups in total. The molecule has 0 aromatic heterocycles. The Hall–Kier alpha value is -3.52. The minimum absolute atomic E-state index is 0.00962. The van der Waals surface area contributed by atoms with E-state index in [0.29, 0.717) is 10.5 Å². The number of benzene rings is 2. The van der Waals surface area contributed by atoms with E-state index in [1.54, 1.807) is 25.9 Å². The van der Waals surface area contributed by atoms with Crippen molar-refractivity contribution in [3.63, 3.8) is 0 Å². The average Bonchev–Trinajstić information content (AvgIpc) is 3.73. The summed E-state index contributed by atoms with van der Waals surface area (Å²) in [5.74, 6) is -2.64. The van der Waals surface area contributed by atoms with Crippen LogP contribution in [0.2, 0.25) is 5.02 Å². The topological polar surface area (TPSA) is 186 Å². The van der Waals surface area contributed by atoms with Gasteiger partial charge in [0.05, 0.1) is 22.5 Å². The van der Waals surface area contributed by atoms with Gasteiger partial charge in [0.1, 0.15) is 30.2 Å². The first-order valence-corrected chi connectivity index (χ1v) is 20.2. The second-order valence-corrected chi connectivity index (χ2v) is 15.8. The number of carboxylic acids is 1. The van der Waals surface area contributed by atoms with E-state index in [4.69, 9.17) is 53.1 Å². The molecule has 1 aliphatic heterocycles. The molecule has 2 unspecified atom stereocenters. The van der Waals surface area contributed by atoms with E-state index in [2.05, 4.69) is 13.8 Å². The number of carbonyl (C=O) groups is 4. The third kappa shape index (κ3) is 13.4. The van der Waals surface area contributed by atoms with Gasteiger partial charge in [-0.2, -0.15) is 0 Å². The molecule has 4 rings (SSSR count). The molecule has 0 bridgehead atoms. The Kier molecular flexibility index (Phi) is 18.4. The lowest BCUT2D eigenvalue weighted by Crippen LogP contribution is -2.35. The highest BCUT2D eigenvalue weighted by Gasteiger charge is 2.40. The number of nitrogens with two attached hydrogens (primary N) is 1. The second-order valence-electron chi connectivity index (χ2n) is 12.6. The monoisotopic (exact) mass is 803 g/mol. The zero-order valence-corrected chi connectivity index (χ0v) is 33.2. The third-order valence-corrected chi connectivity index (χ3v) is 9.75. The predicted octanol–water partition coefficient (Wildman–Crippen LogP) is 7.25. The van der Waals surface area contributed by atoms with E-state index in [0.717, 1.165) is 61.4 Å². The number of halogens is 3. The number of alkyl halides is 1. The number of amides is 3. The maximum Gasteiger partial charge on any atom is 0.427 e. The summed E-state index contributed by atoms with van der Waals surface area (Å²) < 4.78 is 40.8. The number of allylic oxidation sites excluding steroid dienone is 1. The molecule has 53 heavy (non-hydrogen) atoms. The van der Waals surface area contributed by atoms with E-state index in [9.17, 15) is 28.1 Å². The van der Waals surface area contributed by atoms with Crippen LogP contribution in [0.15, 0.2) is 41.7 Å². The first-order chi connectivity index (χ1) is 24.9. The van der Waals surface area contributed by atoms with Crippen LogP contribution in [-0.4, -0.2) is 78.6 Å². The van der Waals surface area contributed by atoms with Crippen LogP contribution >= 0.6 is 30.6 Å². The first kappa shape index (κ1) is 45.6. The smallest absolute Gasteiger partial charge is 0.427 e. The fourth-order valence-electron chi connectivity index (χ4n) is 5.38. The summed E-state index contributed by atoms with van der Waals surface area (Å²) in [5.41, 5.74) is 8.64. The van der Waals surface area contributed by atoms with Crippen molar-refractivity contribution in [2.45, 2.75) is 84.8 Å². The fraction of sp³-hybridized carbons (Fsp3) is 0.500. The number of aryl methyl sites for hydroxylation is 2. The predicted molar refractivity (Wildman–Crippen MR) is 203 cm³/mol. The molecule has 2 fully saturated rings. The summed E-state index contributed by atoms with van der Waals surface area (Å²) in [7, 11) is -1.52. The minimum Gasteiger partial charge on any atom is -0.489 e. The minimum atomic E-state index is -3.10. The number of carboxylic acid groups (broad SMARTS) is 1. The zero-order valence-electron chi connectivity index (χ0n) is 30.8. The summed E-state index contributed by atoms with van der Waals surface area (Å²) in [6, 6.07) is 7.40. The fourth-order valence-corrected chi connectivity index (χ4v) is 6.47. The van der Waals surface area contributed by atoms with E-state index < -0.39 is 37.2 Å². The number of nitrogens with zero attached hydrogens (tertiary/aromatic N) is 2. The molecular weight excluding hydrogens is 755 g/mol. The number of methoxy groups -OCH3 is 1. The van der Waals surface area contributed by atoms with Crippen LogP contribution < -0.4 is 20.3 Å². The van der Waals surface area contributed by atoms with Crippen molar-refractivity contribution < 1.29 is 52.3 Å². The molecule has 3 amide bonds. The van der Waals surface area contributed by atoms with E-state index in [1.807, 2.05) is 18.2 Å². The van der Waals surface area contributed by atoms with Crippen LogP contribution in [0.5, 0.6) is 5.75 Å². The van der Waals surface area contributed by atoms with Gasteiger partial charge in [-0.25, -0.2) is 14.1 Å². The Morgan fingerprint density at radius 3 is 2.19 bits per heavy atom. The first-order valence-electron chi connectivity index (χ1n) is 17.0. The summed E-state index contributed by atoms with van der Waals surface area (Å²) >= 11 is 11.7. The Morgan fingerprint density at radius 1 is 1.15 bits per heavy atom. The number of aliphatic carboxylic acids is 1. The van der Waals surface area contributed by atoms with Crippen molar-refractivity contribution in [2.24, 2.45) is 5.73 Å². The van der Waals surface area contributed by atoms with Gasteiger partial charge < -0.3 is 29.9 Å². The molecule has 1 saturated heterocycles. The van der Waals surface area contributed by atoms with Crippen LogP contribution in [0, 0.1) is 5.82 Å². The summed E-state index contributed by atoms with van der Waals surface area (Å²) in [5, 5.41) is 8.38.